The summed E-state index contributed by atoms with van der Waals surface area (Å²) in [7, 11) is 1.32. The minimum Gasteiger partial charge on any atom is -0.493 e. The van der Waals surface area contributed by atoms with Crippen LogP contribution in [0.1, 0.15) is 16.3 Å². The molecule has 10 heteroatoms. The van der Waals surface area contributed by atoms with Crippen LogP contribution in [0.3, 0.4) is 0 Å². The topological polar surface area (TPSA) is 90.6 Å². The highest BCUT2D eigenvalue weighted by Gasteiger charge is 2.17. The van der Waals surface area contributed by atoms with Gasteiger partial charge in [-0.05, 0) is 25.1 Å². The summed E-state index contributed by atoms with van der Waals surface area (Å²) in [5, 5.41) is 6.59. The van der Waals surface area contributed by atoms with Gasteiger partial charge in [-0.25, -0.2) is 9.50 Å². The molecule has 25 heavy (non-hydrogen) atoms. The second-order valence-corrected chi connectivity index (χ2v) is 4.93. The van der Waals surface area contributed by atoms with Crippen molar-refractivity contribution in [3.63, 3.8) is 0 Å². The molecular weight excluding hydrogens is 336 g/mol. The maximum absolute atomic E-state index is 12.5. The van der Waals surface area contributed by atoms with Crippen molar-refractivity contribution in [3.05, 3.63) is 42.0 Å². The first-order valence-corrected chi connectivity index (χ1v) is 7.10. The third-order valence-electron chi connectivity index (χ3n) is 3.27. The van der Waals surface area contributed by atoms with Gasteiger partial charge in [-0.15, -0.1) is 5.10 Å². The Kier molecular flexibility index (Phi) is 4.42. The van der Waals surface area contributed by atoms with Crippen LogP contribution in [0.2, 0.25) is 0 Å². The highest BCUT2D eigenvalue weighted by molar-refractivity contribution is 6.01. The number of anilines is 1. The number of carbonyl (C=O) groups excluding carboxylic acids is 1. The Morgan fingerprint density at radius 1 is 1.28 bits per heavy atom. The second-order valence-electron chi connectivity index (χ2n) is 4.93. The molecule has 0 atom stereocenters. The number of aromatic nitrogens is 4. The molecule has 0 bridgehead atoms. The quantitative estimate of drug-likeness (QED) is 0.760. The van der Waals surface area contributed by atoms with E-state index in [2.05, 4.69) is 25.1 Å². The first kappa shape index (κ1) is 16.6. The molecule has 8 nitrogen and oxygen atoms in total. The third kappa shape index (κ3) is 3.47. The lowest BCUT2D eigenvalue weighted by Crippen LogP contribution is -2.14. The van der Waals surface area contributed by atoms with E-state index in [1.165, 1.54) is 29.8 Å². The molecule has 3 aromatic rings. The van der Waals surface area contributed by atoms with Gasteiger partial charge in [0.05, 0.1) is 7.11 Å². The summed E-state index contributed by atoms with van der Waals surface area (Å²) in [5.74, 6) is -0.520. The fourth-order valence-corrected chi connectivity index (χ4v) is 2.13. The Labute approximate surface area is 140 Å². The molecule has 130 valence electrons. The number of nitrogens with one attached hydrogen (secondary N) is 1. The lowest BCUT2D eigenvalue weighted by molar-refractivity contribution is -0.0511. The average Bonchev–Trinajstić information content (AvgIpc) is 3.00. The van der Waals surface area contributed by atoms with E-state index in [1.807, 2.05) is 0 Å². The Hall–Kier alpha value is -3.30. The summed E-state index contributed by atoms with van der Waals surface area (Å²) in [4.78, 5) is 20.3. The fraction of sp³-hybridized carbons (Fsp3) is 0.200. The number of halogens is 2. The van der Waals surface area contributed by atoms with Crippen LogP contribution in [0, 0.1) is 6.92 Å². The predicted octanol–water partition coefficient (Wildman–Crippen LogP) is 2.30. The molecule has 0 saturated heterocycles. The van der Waals surface area contributed by atoms with Crippen molar-refractivity contribution in [3.8, 4) is 11.5 Å². The van der Waals surface area contributed by atoms with Gasteiger partial charge in [0.15, 0.2) is 11.5 Å². The number of alkyl halides is 2. The van der Waals surface area contributed by atoms with Crippen LogP contribution >= 0.6 is 0 Å². The van der Waals surface area contributed by atoms with Gasteiger partial charge in [-0.3, -0.25) is 4.79 Å². The number of carbonyl (C=O) groups is 1. The summed E-state index contributed by atoms with van der Waals surface area (Å²) in [6, 6.07) is 5.83. The SMILES string of the molecule is COc1ccc(NC(=O)c2nc3nccc(C)n3n2)cc1OC(F)F. The van der Waals surface area contributed by atoms with Gasteiger partial charge in [0.25, 0.3) is 11.7 Å². The average molecular weight is 349 g/mol. The van der Waals surface area contributed by atoms with Crippen molar-refractivity contribution < 1.29 is 23.0 Å². The van der Waals surface area contributed by atoms with Crippen LogP contribution in [0.5, 0.6) is 11.5 Å². The van der Waals surface area contributed by atoms with E-state index in [0.29, 0.717) is 0 Å². The van der Waals surface area contributed by atoms with E-state index in [0.717, 1.165) is 5.69 Å². The van der Waals surface area contributed by atoms with Crippen LogP contribution < -0.4 is 14.8 Å². The number of nitrogens with zero attached hydrogens (tertiary/aromatic N) is 4. The highest BCUT2D eigenvalue weighted by atomic mass is 19.3. The number of rotatable bonds is 5. The van der Waals surface area contributed by atoms with Crippen molar-refractivity contribution in [2.75, 3.05) is 12.4 Å². The zero-order chi connectivity index (χ0) is 18.0. The molecule has 0 aliphatic carbocycles. The van der Waals surface area contributed by atoms with Gasteiger partial charge < -0.3 is 14.8 Å². The van der Waals surface area contributed by atoms with Gasteiger partial charge in [0.1, 0.15) is 0 Å². The number of methoxy groups -OCH3 is 1. The van der Waals surface area contributed by atoms with Gasteiger partial charge in [0, 0.05) is 23.6 Å². The van der Waals surface area contributed by atoms with E-state index in [-0.39, 0.29) is 28.8 Å². The molecule has 1 amide bonds. The van der Waals surface area contributed by atoms with Crippen LogP contribution in [-0.4, -0.2) is 39.2 Å². The molecule has 1 aromatic carbocycles. The number of hydrogen-bond donors (Lipinski definition) is 1. The summed E-state index contributed by atoms with van der Waals surface area (Å²) in [6.45, 7) is -1.23. The lowest BCUT2D eigenvalue weighted by Gasteiger charge is -2.11. The minimum atomic E-state index is -3.02. The van der Waals surface area contributed by atoms with E-state index in [9.17, 15) is 13.6 Å². The highest BCUT2D eigenvalue weighted by Crippen LogP contribution is 2.31. The molecule has 0 radical (unpaired) electrons. The molecule has 0 aliphatic rings. The summed E-state index contributed by atoms with van der Waals surface area (Å²) >= 11 is 0. The van der Waals surface area contributed by atoms with Gasteiger partial charge in [0.2, 0.25) is 5.82 Å². The van der Waals surface area contributed by atoms with E-state index in [1.54, 1.807) is 19.2 Å². The Balaban J connectivity index is 1.85. The second kappa shape index (κ2) is 6.67. The number of amides is 1. The molecule has 0 saturated carbocycles. The molecule has 0 aliphatic heterocycles. The van der Waals surface area contributed by atoms with Crippen molar-refractivity contribution in [1.29, 1.82) is 0 Å². The molecular formula is C15H13F2N5O3. The monoisotopic (exact) mass is 349 g/mol. The summed E-state index contributed by atoms with van der Waals surface area (Å²) in [6.07, 6.45) is 1.55. The molecule has 3 rings (SSSR count). The van der Waals surface area contributed by atoms with Crippen molar-refractivity contribution in [2.45, 2.75) is 13.5 Å². The van der Waals surface area contributed by atoms with Crippen molar-refractivity contribution >= 4 is 17.4 Å². The largest absolute Gasteiger partial charge is 0.493 e. The first-order valence-electron chi connectivity index (χ1n) is 7.10. The fourth-order valence-electron chi connectivity index (χ4n) is 2.13. The van der Waals surface area contributed by atoms with E-state index >= 15 is 0 Å². The van der Waals surface area contributed by atoms with Gasteiger partial charge >= 0.3 is 6.61 Å². The zero-order valence-electron chi connectivity index (χ0n) is 13.2. The number of benzene rings is 1. The molecule has 0 fully saturated rings. The Bertz CT molecular complexity index is 929. The van der Waals surface area contributed by atoms with Crippen molar-refractivity contribution in [1.82, 2.24) is 19.6 Å². The molecule has 0 unspecified atom stereocenters. The van der Waals surface area contributed by atoms with Gasteiger partial charge in [-0.1, -0.05) is 0 Å². The van der Waals surface area contributed by atoms with Crippen LogP contribution in [-0.2, 0) is 0 Å². The summed E-state index contributed by atoms with van der Waals surface area (Å²) in [5.41, 5.74) is 0.985. The van der Waals surface area contributed by atoms with Crippen molar-refractivity contribution in [2.24, 2.45) is 0 Å². The van der Waals surface area contributed by atoms with Crippen LogP contribution in [0.4, 0.5) is 14.5 Å². The minimum absolute atomic E-state index is 0.103. The molecule has 1 N–H and O–H groups in total. The normalized spacial score (nSPS) is 10.9. The predicted molar refractivity (Wildman–Crippen MR) is 83.1 cm³/mol. The molecule has 2 heterocycles. The van der Waals surface area contributed by atoms with E-state index < -0.39 is 12.5 Å². The summed E-state index contributed by atoms with van der Waals surface area (Å²) < 4.78 is 35.6. The van der Waals surface area contributed by atoms with Crippen LogP contribution in [0.25, 0.3) is 5.78 Å². The Morgan fingerprint density at radius 2 is 2.08 bits per heavy atom. The lowest BCUT2D eigenvalue weighted by atomic mass is 10.2. The maximum atomic E-state index is 12.5. The maximum Gasteiger partial charge on any atom is 0.387 e. The first-order chi connectivity index (χ1) is 12.0. The molecule has 2 aromatic heterocycles. The number of hydrogen-bond acceptors (Lipinski definition) is 6. The number of ether oxygens (including phenoxy) is 2. The number of fused-ring (bicyclic) bond motifs is 1. The smallest absolute Gasteiger partial charge is 0.387 e. The van der Waals surface area contributed by atoms with E-state index in [4.69, 9.17) is 4.74 Å². The molecule has 0 spiro atoms. The number of aryl methyl sites for hydroxylation is 1. The zero-order valence-corrected chi connectivity index (χ0v) is 13.2. The Morgan fingerprint density at radius 3 is 2.76 bits per heavy atom. The van der Waals surface area contributed by atoms with Gasteiger partial charge in [-0.2, -0.15) is 13.8 Å². The standard InChI is InChI=1S/C15H13F2N5O3/c1-8-5-6-18-15-20-12(21-22(8)15)13(23)19-9-3-4-10(24-2)11(7-9)25-14(16)17/h3-7,14H,1-2H3,(H,19,23). The third-order valence-corrected chi connectivity index (χ3v) is 3.27. The van der Waals surface area contributed by atoms with Crippen LogP contribution in [0.15, 0.2) is 30.5 Å².